The molecule has 0 saturated heterocycles. The number of nitrogens with zero attached hydrogens (tertiary/aromatic N) is 1. The van der Waals surface area contributed by atoms with Gasteiger partial charge in [-0.25, -0.2) is 0 Å². The van der Waals surface area contributed by atoms with Crippen LogP contribution in [0.4, 0.5) is 0 Å². The minimum Gasteiger partial charge on any atom is -0.393 e. The molecule has 2 N–H and O–H groups in total. The average Bonchev–Trinajstić information content (AvgIpc) is 2.49. The molecule has 5 heteroatoms. The molecule has 0 heterocycles. The molecule has 5 nitrogen and oxygen atoms in total. The molecule has 0 spiro atoms. The molecule has 1 unspecified atom stereocenters. The summed E-state index contributed by atoms with van der Waals surface area (Å²) in [6.45, 7) is 0. The number of carbonyl (C=O) groups excluding carboxylic acids is 2. The van der Waals surface area contributed by atoms with Gasteiger partial charge < -0.3 is 15.3 Å². The van der Waals surface area contributed by atoms with Crippen molar-refractivity contribution < 1.29 is 14.7 Å². The summed E-state index contributed by atoms with van der Waals surface area (Å²) in [5.41, 5.74) is 1.17. The summed E-state index contributed by atoms with van der Waals surface area (Å²) in [7, 11) is 3.38. The third-order valence-corrected chi connectivity index (χ3v) is 4.43. The molecular weight excluding hydrogens is 292 g/mol. The zero-order chi connectivity index (χ0) is 16.8. The van der Waals surface area contributed by atoms with Crippen molar-refractivity contribution in [3.05, 3.63) is 35.9 Å². The molecule has 1 aromatic carbocycles. The molecule has 126 valence electrons. The van der Waals surface area contributed by atoms with Crippen LogP contribution in [0.5, 0.6) is 0 Å². The van der Waals surface area contributed by atoms with Crippen molar-refractivity contribution in [2.24, 2.45) is 5.92 Å². The summed E-state index contributed by atoms with van der Waals surface area (Å²) in [6.07, 6.45) is 2.40. The van der Waals surface area contributed by atoms with Crippen LogP contribution in [-0.2, 0) is 16.0 Å². The molecule has 1 atom stereocenters. The SMILES string of the molecule is CN(C)C(=O)CCC(=O)NC(Cc1ccccc1)C1CC(O)C1. The number of hydrogen-bond acceptors (Lipinski definition) is 3. The number of rotatable bonds is 7. The van der Waals surface area contributed by atoms with Gasteiger partial charge in [-0.3, -0.25) is 9.59 Å². The van der Waals surface area contributed by atoms with E-state index in [2.05, 4.69) is 5.32 Å². The summed E-state index contributed by atoms with van der Waals surface area (Å²) in [5.74, 6) is 0.167. The fraction of sp³-hybridized carbons (Fsp3) is 0.556. The van der Waals surface area contributed by atoms with Crippen molar-refractivity contribution in [1.82, 2.24) is 10.2 Å². The van der Waals surface area contributed by atoms with Gasteiger partial charge in [-0.2, -0.15) is 0 Å². The van der Waals surface area contributed by atoms with Gasteiger partial charge in [0.2, 0.25) is 11.8 Å². The lowest BCUT2D eigenvalue weighted by Crippen LogP contribution is -2.48. The Kier molecular flexibility index (Phi) is 6.16. The summed E-state index contributed by atoms with van der Waals surface area (Å²) in [5, 5.41) is 12.6. The van der Waals surface area contributed by atoms with Crippen LogP contribution in [0.3, 0.4) is 0 Å². The highest BCUT2D eigenvalue weighted by atomic mass is 16.3. The van der Waals surface area contributed by atoms with Crippen molar-refractivity contribution in [3.63, 3.8) is 0 Å². The third-order valence-electron chi connectivity index (χ3n) is 4.43. The van der Waals surface area contributed by atoms with Gasteiger partial charge in [-0.1, -0.05) is 30.3 Å². The lowest BCUT2D eigenvalue weighted by atomic mass is 9.75. The highest BCUT2D eigenvalue weighted by Gasteiger charge is 2.34. The Bertz CT molecular complexity index is 524. The molecule has 1 aliphatic carbocycles. The van der Waals surface area contributed by atoms with Gasteiger partial charge in [0.1, 0.15) is 0 Å². The van der Waals surface area contributed by atoms with Crippen LogP contribution in [0, 0.1) is 5.92 Å². The molecule has 0 bridgehead atoms. The molecule has 2 amide bonds. The number of carbonyl (C=O) groups is 2. The lowest BCUT2D eigenvalue weighted by Gasteiger charge is -2.38. The van der Waals surface area contributed by atoms with Gasteiger partial charge in [0.25, 0.3) is 0 Å². The largest absolute Gasteiger partial charge is 0.393 e. The maximum absolute atomic E-state index is 12.2. The highest BCUT2D eigenvalue weighted by molar-refractivity contribution is 5.83. The fourth-order valence-electron chi connectivity index (χ4n) is 2.89. The van der Waals surface area contributed by atoms with Gasteiger partial charge in [-0.15, -0.1) is 0 Å². The first-order valence-corrected chi connectivity index (χ1v) is 8.17. The number of benzene rings is 1. The number of hydrogen-bond donors (Lipinski definition) is 2. The van der Waals surface area contributed by atoms with Crippen LogP contribution in [0.1, 0.15) is 31.2 Å². The maximum Gasteiger partial charge on any atom is 0.222 e. The Labute approximate surface area is 137 Å². The first kappa shape index (κ1) is 17.5. The molecule has 0 radical (unpaired) electrons. The highest BCUT2D eigenvalue weighted by Crippen LogP contribution is 2.31. The quantitative estimate of drug-likeness (QED) is 0.797. The molecule has 1 aliphatic rings. The molecule has 1 aromatic rings. The van der Waals surface area contributed by atoms with Gasteiger partial charge >= 0.3 is 0 Å². The van der Waals surface area contributed by atoms with E-state index in [1.54, 1.807) is 14.1 Å². The molecule has 23 heavy (non-hydrogen) atoms. The average molecular weight is 318 g/mol. The second-order valence-corrected chi connectivity index (χ2v) is 6.54. The molecule has 0 aliphatic heterocycles. The van der Waals surface area contributed by atoms with E-state index in [0.29, 0.717) is 5.92 Å². The van der Waals surface area contributed by atoms with E-state index in [-0.39, 0.29) is 36.8 Å². The predicted molar refractivity (Wildman–Crippen MR) is 88.7 cm³/mol. The van der Waals surface area contributed by atoms with E-state index >= 15 is 0 Å². The first-order chi connectivity index (χ1) is 11.0. The van der Waals surface area contributed by atoms with Gasteiger partial charge in [0.15, 0.2) is 0 Å². The molecule has 1 fully saturated rings. The topological polar surface area (TPSA) is 69.6 Å². The van der Waals surface area contributed by atoms with Crippen LogP contribution in [0.25, 0.3) is 0 Å². The summed E-state index contributed by atoms with van der Waals surface area (Å²) < 4.78 is 0. The van der Waals surface area contributed by atoms with Crippen LogP contribution < -0.4 is 5.32 Å². The third kappa shape index (κ3) is 5.36. The minimum absolute atomic E-state index is 0.0164. The molecule has 0 aromatic heterocycles. The van der Waals surface area contributed by atoms with Crippen molar-refractivity contribution in [1.29, 1.82) is 0 Å². The second kappa shape index (κ2) is 8.11. The van der Waals surface area contributed by atoms with E-state index in [0.717, 1.165) is 19.3 Å². The number of aliphatic hydroxyl groups is 1. The molecule has 1 saturated carbocycles. The van der Waals surface area contributed by atoms with Crippen molar-refractivity contribution in [2.45, 2.75) is 44.2 Å². The zero-order valence-electron chi connectivity index (χ0n) is 13.9. The zero-order valence-corrected chi connectivity index (χ0v) is 13.9. The van der Waals surface area contributed by atoms with Crippen LogP contribution in [-0.4, -0.2) is 48.1 Å². The number of nitrogens with one attached hydrogen (secondary N) is 1. The Balaban J connectivity index is 1.89. The van der Waals surface area contributed by atoms with Crippen molar-refractivity contribution in [2.75, 3.05) is 14.1 Å². The molecular formula is C18H26N2O3. The van der Waals surface area contributed by atoms with Gasteiger partial charge in [-0.05, 0) is 30.7 Å². The first-order valence-electron chi connectivity index (χ1n) is 8.17. The van der Waals surface area contributed by atoms with Crippen LogP contribution >= 0.6 is 0 Å². The fourth-order valence-corrected chi connectivity index (χ4v) is 2.89. The van der Waals surface area contributed by atoms with E-state index < -0.39 is 0 Å². The summed E-state index contributed by atoms with van der Waals surface area (Å²) in [6, 6.07) is 10.0. The van der Waals surface area contributed by atoms with E-state index in [1.165, 1.54) is 10.5 Å². The Hall–Kier alpha value is -1.88. The standard InChI is InChI=1S/C18H26N2O3/c1-20(2)18(23)9-8-17(22)19-16(14-11-15(21)12-14)10-13-6-4-3-5-7-13/h3-7,14-16,21H,8-12H2,1-2H3,(H,19,22). The monoisotopic (exact) mass is 318 g/mol. The van der Waals surface area contributed by atoms with E-state index in [9.17, 15) is 14.7 Å². The minimum atomic E-state index is -0.245. The normalized spacial score (nSPS) is 21.2. The van der Waals surface area contributed by atoms with Crippen molar-refractivity contribution >= 4 is 11.8 Å². The van der Waals surface area contributed by atoms with Crippen LogP contribution in [0.2, 0.25) is 0 Å². The van der Waals surface area contributed by atoms with Crippen LogP contribution in [0.15, 0.2) is 30.3 Å². The van der Waals surface area contributed by atoms with E-state index in [4.69, 9.17) is 0 Å². The van der Waals surface area contributed by atoms with Gasteiger partial charge in [0.05, 0.1) is 6.10 Å². The Morgan fingerprint density at radius 2 is 1.87 bits per heavy atom. The molecule has 2 rings (SSSR count). The second-order valence-electron chi connectivity index (χ2n) is 6.54. The lowest BCUT2D eigenvalue weighted by molar-refractivity contribution is -0.132. The predicted octanol–water partition coefficient (Wildman–Crippen LogP) is 1.35. The number of aliphatic hydroxyl groups excluding tert-OH is 1. The van der Waals surface area contributed by atoms with E-state index in [1.807, 2.05) is 30.3 Å². The summed E-state index contributed by atoms with van der Waals surface area (Å²) >= 11 is 0. The summed E-state index contributed by atoms with van der Waals surface area (Å²) in [4.78, 5) is 25.2. The van der Waals surface area contributed by atoms with Crippen molar-refractivity contribution in [3.8, 4) is 0 Å². The number of amides is 2. The Morgan fingerprint density at radius 1 is 1.22 bits per heavy atom. The maximum atomic E-state index is 12.2. The van der Waals surface area contributed by atoms with Gasteiger partial charge in [0, 0.05) is 33.0 Å². The smallest absolute Gasteiger partial charge is 0.222 e. The Morgan fingerprint density at radius 3 is 2.43 bits per heavy atom.